The molecule has 2 aromatic rings. The van der Waals surface area contributed by atoms with Crippen molar-refractivity contribution in [3.05, 3.63) is 84.0 Å². The van der Waals surface area contributed by atoms with Gasteiger partial charge in [0.05, 0.1) is 26.0 Å². The zero-order valence-electron chi connectivity index (χ0n) is 28.2. The van der Waals surface area contributed by atoms with E-state index in [-0.39, 0.29) is 18.8 Å². The largest absolute Gasteiger partial charge is 0.507 e. The smallest absolute Gasteiger partial charge is 0.443 e. The first kappa shape index (κ1) is 40.3. The van der Waals surface area contributed by atoms with E-state index in [4.69, 9.17) is 41.9 Å². The van der Waals surface area contributed by atoms with Crippen LogP contribution in [0.2, 0.25) is 0 Å². The summed E-state index contributed by atoms with van der Waals surface area (Å²) >= 11 is 15.9. The molecule has 17 heteroatoms. The first-order chi connectivity index (χ1) is 23.6. The van der Waals surface area contributed by atoms with Gasteiger partial charge in [-0.25, -0.2) is 15.6 Å². The number of benzene rings is 2. The summed E-state index contributed by atoms with van der Waals surface area (Å²) in [6, 6.07) is 14.8. The van der Waals surface area contributed by atoms with Crippen molar-refractivity contribution < 1.29 is 23.4 Å². The van der Waals surface area contributed by atoms with Crippen molar-refractivity contribution in [1.82, 2.24) is 25.2 Å². The van der Waals surface area contributed by atoms with Crippen molar-refractivity contribution in [2.24, 2.45) is 16.9 Å². The van der Waals surface area contributed by atoms with Crippen LogP contribution in [0.5, 0.6) is 11.5 Å². The minimum atomic E-state index is -1.31. The summed E-state index contributed by atoms with van der Waals surface area (Å²) in [5, 5.41) is 13.7. The normalized spacial score (nSPS) is 22.0. The number of hydrazine groups is 2. The molecule has 11 nitrogen and oxygen atoms in total. The maximum Gasteiger partial charge on any atom is 0.507 e. The molecule has 49 heavy (non-hydrogen) atoms. The maximum absolute atomic E-state index is 9.20. The molecule has 0 bridgehead atoms. The number of hydrogen-bond donors (Lipinski definition) is 4. The van der Waals surface area contributed by atoms with Gasteiger partial charge in [-0.2, -0.15) is 5.10 Å². The minimum absolute atomic E-state index is 0.00760. The topological polar surface area (TPSA) is 103 Å². The van der Waals surface area contributed by atoms with Crippen LogP contribution < -0.4 is 19.9 Å². The summed E-state index contributed by atoms with van der Waals surface area (Å²) in [5.41, 5.74) is 8.57. The summed E-state index contributed by atoms with van der Waals surface area (Å²) in [5.74, 6) is 2.21. The van der Waals surface area contributed by atoms with Gasteiger partial charge in [0.15, 0.2) is 5.75 Å². The molecule has 3 N–H and O–H groups in total. The molecule has 0 saturated heterocycles. The van der Waals surface area contributed by atoms with Crippen molar-refractivity contribution in [2.45, 2.75) is 44.5 Å². The number of aliphatic hydroxyl groups excluding tert-OH is 1. The Kier molecular flexibility index (Phi) is 17.4. The lowest BCUT2D eigenvalue weighted by Gasteiger charge is -2.23. The van der Waals surface area contributed by atoms with Crippen molar-refractivity contribution in [3.8, 4) is 11.5 Å². The van der Waals surface area contributed by atoms with Crippen LogP contribution in [0.1, 0.15) is 36.8 Å². The zero-order valence-corrected chi connectivity index (χ0v) is 33.4. The number of ether oxygens (including phenoxy) is 1. The standard InChI is InChI=1S/C32H47N6O5P3S3/c1-36(33-21-25-5-13-29(40-4)14-6-25)44(47)41-30-15-7-26(8-16-30)22-34-37(2)45(48)42-31-17-9-27(10-18-31)23-35-38(3)46(49)43-32-19-11-28(24-39)12-20-32/h5,7,9-13,15,17-20,23,25-26,29-30,33-34,39,49H,6,8,14,16,21-22,24H2,1-4H3/q+2/b35-23+. The van der Waals surface area contributed by atoms with E-state index >= 15 is 0 Å². The van der Waals surface area contributed by atoms with E-state index in [2.05, 4.69) is 52.5 Å². The summed E-state index contributed by atoms with van der Waals surface area (Å²) in [4.78, 5) is 0. The lowest BCUT2D eigenvalue weighted by Crippen LogP contribution is -2.35. The number of hydrazone groups is 1. The Bertz CT molecular complexity index is 1440. The molecule has 0 radical (unpaired) electrons. The lowest BCUT2D eigenvalue weighted by molar-refractivity contribution is 0.121. The summed E-state index contributed by atoms with van der Waals surface area (Å²) in [7, 11) is 3.70. The molecule has 0 heterocycles. The molecular formula is C32H47N6O5P3S3+2. The van der Waals surface area contributed by atoms with Crippen molar-refractivity contribution in [3.63, 3.8) is 0 Å². The van der Waals surface area contributed by atoms with Gasteiger partial charge in [0.25, 0.3) is 7.50 Å². The van der Waals surface area contributed by atoms with Crippen LogP contribution in [0.25, 0.3) is 0 Å². The van der Waals surface area contributed by atoms with Gasteiger partial charge >= 0.3 is 14.1 Å². The van der Waals surface area contributed by atoms with E-state index in [9.17, 15) is 5.11 Å². The number of thiol groups is 1. The average molecular weight is 785 g/mol. The highest BCUT2D eigenvalue weighted by Crippen LogP contribution is 2.45. The van der Waals surface area contributed by atoms with Gasteiger partial charge in [-0.05, 0) is 94.6 Å². The minimum Gasteiger partial charge on any atom is -0.443 e. The van der Waals surface area contributed by atoms with Crippen LogP contribution in [0.15, 0.2) is 77.9 Å². The van der Waals surface area contributed by atoms with Crippen LogP contribution in [0.4, 0.5) is 0 Å². The van der Waals surface area contributed by atoms with E-state index in [1.54, 1.807) is 37.3 Å². The fraction of sp³-hybridized carbons (Fsp3) is 0.469. The predicted molar refractivity (Wildman–Crippen MR) is 211 cm³/mol. The Labute approximate surface area is 309 Å². The predicted octanol–water partition coefficient (Wildman–Crippen LogP) is 6.81. The van der Waals surface area contributed by atoms with Crippen molar-refractivity contribution in [2.75, 3.05) is 41.3 Å². The molecule has 0 spiro atoms. The number of nitrogens with one attached hydrogen (secondary N) is 2. The number of methoxy groups -OCH3 is 1. The Morgan fingerprint density at radius 3 is 1.98 bits per heavy atom. The van der Waals surface area contributed by atoms with Crippen molar-refractivity contribution in [1.29, 1.82) is 0 Å². The highest BCUT2D eigenvalue weighted by atomic mass is 32.7. The molecule has 4 rings (SSSR count). The zero-order chi connectivity index (χ0) is 35.2. The number of aliphatic hydroxyl groups is 1. The third-order valence-electron chi connectivity index (χ3n) is 8.00. The van der Waals surface area contributed by atoms with Gasteiger partial charge in [0.2, 0.25) is 23.6 Å². The second kappa shape index (κ2) is 21.2. The molecule has 2 aliphatic carbocycles. The van der Waals surface area contributed by atoms with Crippen molar-refractivity contribution >= 4 is 63.7 Å². The van der Waals surface area contributed by atoms with E-state index in [1.165, 1.54) is 0 Å². The van der Waals surface area contributed by atoms with E-state index in [0.717, 1.165) is 49.9 Å². The van der Waals surface area contributed by atoms with Crippen LogP contribution in [-0.2, 0) is 39.5 Å². The van der Waals surface area contributed by atoms with Crippen LogP contribution in [-0.4, -0.2) is 79.2 Å². The summed E-state index contributed by atoms with van der Waals surface area (Å²) in [6.07, 6.45) is 14.8. The second-order valence-electron chi connectivity index (χ2n) is 11.7. The molecule has 0 aliphatic heterocycles. The quantitative estimate of drug-likeness (QED) is 0.0396. The fourth-order valence-corrected chi connectivity index (χ4v) is 8.19. The maximum atomic E-state index is 9.20. The average Bonchev–Trinajstić information content (AvgIpc) is 3.13. The number of nitrogens with zero attached hydrogens (tertiary/aromatic N) is 4. The Morgan fingerprint density at radius 1 is 0.857 bits per heavy atom. The Balaban J connectivity index is 1.12. The molecule has 266 valence electrons. The molecule has 2 aromatic carbocycles. The monoisotopic (exact) mass is 784 g/mol. The molecule has 7 atom stereocenters. The van der Waals surface area contributed by atoms with E-state index in [1.807, 2.05) is 60.1 Å². The summed E-state index contributed by atoms with van der Waals surface area (Å²) < 4.78 is 29.0. The first-order valence-electron chi connectivity index (χ1n) is 16.0. The molecular weight excluding hydrogens is 738 g/mol. The number of rotatable bonds is 19. The molecule has 7 unspecified atom stereocenters. The van der Waals surface area contributed by atoms with Crippen LogP contribution >= 0.6 is 33.9 Å². The molecule has 0 fully saturated rings. The highest BCUT2D eigenvalue weighted by molar-refractivity contribution is 8.42. The van der Waals surface area contributed by atoms with Gasteiger partial charge in [0.1, 0.15) is 11.9 Å². The molecule has 0 amide bonds. The van der Waals surface area contributed by atoms with Gasteiger partial charge < -0.3 is 14.4 Å². The Morgan fingerprint density at radius 2 is 1.43 bits per heavy atom. The lowest BCUT2D eigenvalue weighted by atomic mass is 9.94. The second-order valence-corrected chi connectivity index (χ2v) is 18.4. The summed E-state index contributed by atoms with van der Waals surface area (Å²) in [6.45, 7) is 1.60. The molecule has 2 aliphatic rings. The van der Waals surface area contributed by atoms with Gasteiger partial charge in [-0.1, -0.05) is 48.7 Å². The number of hydrogen-bond acceptors (Lipinski definition) is 12. The molecule has 0 saturated carbocycles. The molecule has 0 aromatic heterocycles. The van der Waals surface area contributed by atoms with E-state index < -0.39 is 21.7 Å². The van der Waals surface area contributed by atoms with Gasteiger partial charge in [0, 0.05) is 34.3 Å². The highest BCUT2D eigenvalue weighted by Gasteiger charge is 2.29. The first-order valence-corrected chi connectivity index (χ1v) is 22.8. The fourth-order valence-electron chi connectivity index (χ4n) is 4.90. The van der Waals surface area contributed by atoms with Gasteiger partial charge in [-0.15, -0.1) is 4.52 Å². The SMILES string of the molecule is COC1C=CC(CNN(C)[P+](=S)OC2C=CC(CNN(C)[P+](=S)Oc3ccc(/C=N/N(C)P(S)Oc4ccc(CO)cc4)cc3)CC2)CC1. The third kappa shape index (κ3) is 13.9. The van der Waals surface area contributed by atoms with Gasteiger partial charge in [-0.3, -0.25) is 4.52 Å². The Hall–Kier alpha value is -1.47. The van der Waals surface area contributed by atoms with Crippen LogP contribution in [0.3, 0.4) is 0 Å². The van der Waals surface area contributed by atoms with E-state index in [0.29, 0.717) is 23.3 Å². The van der Waals surface area contributed by atoms with Crippen LogP contribution in [0, 0.1) is 11.8 Å². The third-order valence-corrected chi connectivity index (χ3v) is 14.0.